The molecule has 2 rings (SSSR count). The molecule has 0 heterocycles. The van der Waals surface area contributed by atoms with Gasteiger partial charge in [-0.1, -0.05) is 12.5 Å². The standard InChI is InChI=1S/C14H20BrNOS/c1-17-13-5-4-11(8-12(13)15)9-16-10-14(18-2)6-3-7-14/h4-5,8,16H,3,6-7,9-10H2,1-2H3. The van der Waals surface area contributed by atoms with Gasteiger partial charge in [0.25, 0.3) is 0 Å². The van der Waals surface area contributed by atoms with Gasteiger partial charge in [0.05, 0.1) is 11.6 Å². The summed E-state index contributed by atoms with van der Waals surface area (Å²) in [6.07, 6.45) is 6.32. The molecule has 1 aromatic carbocycles. The summed E-state index contributed by atoms with van der Waals surface area (Å²) in [7, 11) is 1.69. The zero-order valence-corrected chi connectivity index (χ0v) is 13.4. The van der Waals surface area contributed by atoms with Gasteiger partial charge in [-0.2, -0.15) is 11.8 Å². The highest BCUT2D eigenvalue weighted by molar-refractivity contribution is 9.10. The van der Waals surface area contributed by atoms with E-state index in [1.165, 1.54) is 24.8 Å². The summed E-state index contributed by atoms with van der Waals surface area (Å²) in [5, 5.41) is 3.58. The Morgan fingerprint density at radius 2 is 2.22 bits per heavy atom. The van der Waals surface area contributed by atoms with E-state index in [0.717, 1.165) is 23.3 Å². The van der Waals surface area contributed by atoms with Crippen molar-refractivity contribution in [2.45, 2.75) is 30.6 Å². The highest BCUT2D eigenvalue weighted by Crippen LogP contribution is 2.42. The van der Waals surface area contributed by atoms with E-state index in [2.05, 4.69) is 39.6 Å². The molecule has 0 unspecified atom stereocenters. The number of rotatable bonds is 6. The van der Waals surface area contributed by atoms with Crippen LogP contribution in [0.3, 0.4) is 0 Å². The lowest BCUT2D eigenvalue weighted by Gasteiger charge is -2.40. The summed E-state index contributed by atoms with van der Waals surface area (Å²) >= 11 is 5.53. The van der Waals surface area contributed by atoms with E-state index < -0.39 is 0 Å². The van der Waals surface area contributed by atoms with Crippen LogP contribution in [0.2, 0.25) is 0 Å². The Hall–Kier alpha value is -0.190. The van der Waals surface area contributed by atoms with Gasteiger partial charge in [-0.15, -0.1) is 0 Å². The molecule has 0 aliphatic heterocycles. The molecule has 0 bridgehead atoms. The first-order valence-electron chi connectivity index (χ1n) is 6.27. The second-order valence-corrected chi connectivity index (χ2v) is 6.94. The number of halogens is 1. The Kier molecular flexibility index (Phi) is 4.98. The van der Waals surface area contributed by atoms with Gasteiger partial charge < -0.3 is 10.1 Å². The Morgan fingerprint density at radius 3 is 2.72 bits per heavy atom. The maximum Gasteiger partial charge on any atom is 0.133 e. The van der Waals surface area contributed by atoms with E-state index in [9.17, 15) is 0 Å². The van der Waals surface area contributed by atoms with Crippen molar-refractivity contribution in [3.63, 3.8) is 0 Å². The summed E-state index contributed by atoms with van der Waals surface area (Å²) in [4.78, 5) is 0. The predicted molar refractivity (Wildman–Crippen MR) is 82.5 cm³/mol. The minimum absolute atomic E-state index is 0.504. The van der Waals surface area contributed by atoms with Crippen molar-refractivity contribution < 1.29 is 4.74 Å². The minimum atomic E-state index is 0.504. The molecule has 0 amide bonds. The van der Waals surface area contributed by atoms with Crippen LogP contribution < -0.4 is 10.1 Å². The molecule has 0 radical (unpaired) electrons. The van der Waals surface area contributed by atoms with E-state index in [-0.39, 0.29) is 0 Å². The minimum Gasteiger partial charge on any atom is -0.496 e. The van der Waals surface area contributed by atoms with Crippen molar-refractivity contribution >= 4 is 27.7 Å². The smallest absolute Gasteiger partial charge is 0.133 e. The van der Waals surface area contributed by atoms with Crippen molar-refractivity contribution in [2.24, 2.45) is 0 Å². The summed E-state index contributed by atoms with van der Waals surface area (Å²) in [5.74, 6) is 0.887. The van der Waals surface area contributed by atoms with Gasteiger partial charge in [0.15, 0.2) is 0 Å². The van der Waals surface area contributed by atoms with Crippen LogP contribution in [0.15, 0.2) is 22.7 Å². The van der Waals surface area contributed by atoms with Crippen molar-refractivity contribution in [3.05, 3.63) is 28.2 Å². The van der Waals surface area contributed by atoms with Crippen LogP contribution in [0, 0.1) is 0 Å². The van der Waals surface area contributed by atoms with Gasteiger partial charge in [-0.3, -0.25) is 0 Å². The van der Waals surface area contributed by atoms with Crippen LogP contribution >= 0.6 is 27.7 Å². The molecule has 1 fully saturated rings. The molecule has 0 atom stereocenters. The van der Waals surface area contributed by atoms with Crippen LogP contribution in [0.5, 0.6) is 5.75 Å². The average molecular weight is 330 g/mol. The number of ether oxygens (including phenoxy) is 1. The molecule has 0 spiro atoms. The summed E-state index contributed by atoms with van der Waals surface area (Å²) in [6, 6.07) is 6.25. The van der Waals surface area contributed by atoms with E-state index in [1.54, 1.807) is 7.11 Å². The summed E-state index contributed by atoms with van der Waals surface area (Å²) in [6.45, 7) is 2.03. The number of thioether (sulfide) groups is 1. The lowest BCUT2D eigenvalue weighted by Crippen LogP contribution is -2.43. The highest BCUT2D eigenvalue weighted by Gasteiger charge is 2.35. The first-order valence-corrected chi connectivity index (χ1v) is 8.29. The zero-order chi connectivity index (χ0) is 13.0. The van der Waals surface area contributed by atoms with Gasteiger partial charge in [0.2, 0.25) is 0 Å². The fourth-order valence-corrected chi connectivity index (χ4v) is 3.81. The fraction of sp³-hybridized carbons (Fsp3) is 0.571. The number of nitrogens with one attached hydrogen (secondary N) is 1. The summed E-state index contributed by atoms with van der Waals surface area (Å²) in [5.41, 5.74) is 1.29. The number of hydrogen-bond acceptors (Lipinski definition) is 3. The first-order chi connectivity index (χ1) is 8.69. The number of methoxy groups -OCH3 is 1. The second-order valence-electron chi connectivity index (χ2n) is 4.81. The van der Waals surface area contributed by atoms with E-state index in [0.29, 0.717) is 4.75 Å². The predicted octanol–water partition coefficient (Wildman–Crippen LogP) is 3.83. The average Bonchev–Trinajstić information content (AvgIpc) is 2.33. The molecule has 100 valence electrons. The largest absolute Gasteiger partial charge is 0.496 e. The molecule has 1 aromatic rings. The van der Waals surface area contributed by atoms with Crippen molar-refractivity contribution in [3.8, 4) is 5.75 Å². The third-order valence-corrected chi connectivity index (χ3v) is 5.73. The molecular weight excluding hydrogens is 310 g/mol. The van der Waals surface area contributed by atoms with Crippen LogP contribution in [0.1, 0.15) is 24.8 Å². The Balaban J connectivity index is 1.85. The third-order valence-electron chi connectivity index (χ3n) is 3.69. The number of benzene rings is 1. The van der Waals surface area contributed by atoms with Crippen LogP contribution in [-0.2, 0) is 6.54 Å². The van der Waals surface area contributed by atoms with E-state index in [4.69, 9.17) is 4.74 Å². The van der Waals surface area contributed by atoms with Gasteiger partial charge in [0, 0.05) is 17.8 Å². The lowest BCUT2D eigenvalue weighted by atomic mass is 9.84. The van der Waals surface area contributed by atoms with Crippen LogP contribution in [0.4, 0.5) is 0 Å². The molecular formula is C14H20BrNOS. The molecule has 2 nitrogen and oxygen atoms in total. The molecule has 1 N–H and O–H groups in total. The Morgan fingerprint density at radius 1 is 1.44 bits per heavy atom. The first kappa shape index (κ1) is 14.2. The number of hydrogen-bond donors (Lipinski definition) is 1. The topological polar surface area (TPSA) is 21.3 Å². The van der Waals surface area contributed by atoms with E-state index >= 15 is 0 Å². The monoisotopic (exact) mass is 329 g/mol. The van der Waals surface area contributed by atoms with Crippen molar-refractivity contribution in [2.75, 3.05) is 19.9 Å². The molecule has 18 heavy (non-hydrogen) atoms. The fourth-order valence-electron chi connectivity index (χ4n) is 2.28. The van der Waals surface area contributed by atoms with Gasteiger partial charge in [-0.25, -0.2) is 0 Å². The van der Waals surface area contributed by atoms with Gasteiger partial charge in [0.1, 0.15) is 5.75 Å². The molecule has 1 aliphatic rings. The Bertz CT molecular complexity index is 401. The lowest BCUT2D eigenvalue weighted by molar-refractivity contribution is 0.345. The van der Waals surface area contributed by atoms with Crippen molar-refractivity contribution in [1.29, 1.82) is 0 Å². The molecule has 0 saturated heterocycles. The normalized spacial score (nSPS) is 17.3. The quantitative estimate of drug-likeness (QED) is 0.856. The molecule has 1 aliphatic carbocycles. The molecule has 4 heteroatoms. The maximum absolute atomic E-state index is 5.23. The van der Waals surface area contributed by atoms with Crippen LogP contribution in [-0.4, -0.2) is 24.7 Å². The van der Waals surface area contributed by atoms with E-state index in [1.807, 2.05) is 17.8 Å². The summed E-state index contributed by atoms with van der Waals surface area (Å²) < 4.78 is 6.76. The molecule has 0 aromatic heterocycles. The van der Waals surface area contributed by atoms with Crippen LogP contribution in [0.25, 0.3) is 0 Å². The second kappa shape index (κ2) is 6.31. The highest BCUT2D eigenvalue weighted by atomic mass is 79.9. The molecule has 1 saturated carbocycles. The van der Waals surface area contributed by atoms with Crippen molar-refractivity contribution in [1.82, 2.24) is 5.32 Å². The SMILES string of the molecule is COc1ccc(CNCC2(SC)CCC2)cc1Br. The third kappa shape index (κ3) is 3.22. The maximum atomic E-state index is 5.23. The van der Waals surface area contributed by atoms with Gasteiger partial charge in [-0.05, 0) is 52.7 Å². The zero-order valence-electron chi connectivity index (χ0n) is 11.0. The Labute approximate surface area is 122 Å². The van der Waals surface area contributed by atoms with Gasteiger partial charge >= 0.3 is 0 Å².